The molecule has 27 heavy (non-hydrogen) atoms. The Morgan fingerprint density at radius 1 is 0.778 bits per heavy atom. The third-order valence-electron chi connectivity index (χ3n) is 5.00. The molecule has 0 unspecified atom stereocenters. The Kier molecular flexibility index (Phi) is 18.4. The molecule has 0 aromatic rings. The summed E-state index contributed by atoms with van der Waals surface area (Å²) >= 11 is 0. The highest BCUT2D eigenvalue weighted by molar-refractivity contribution is 5.66. The fraction of sp³-hybridized carbons (Fsp3) is 0.864. The lowest BCUT2D eigenvalue weighted by atomic mass is 10.0. The van der Waals surface area contributed by atoms with Crippen molar-refractivity contribution in [2.45, 2.75) is 122 Å². The molecule has 0 radical (unpaired) electrons. The van der Waals surface area contributed by atoms with Gasteiger partial charge in [-0.05, 0) is 31.8 Å². The van der Waals surface area contributed by atoms with Crippen LogP contribution in [-0.4, -0.2) is 16.0 Å². The van der Waals surface area contributed by atoms with Gasteiger partial charge < -0.3 is 5.11 Å². The maximum Gasteiger partial charge on any atom is 0.303 e. The molecule has 5 nitrogen and oxygen atoms in total. The molecule has 0 aromatic carbocycles. The van der Waals surface area contributed by atoms with Crippen LogP contribution in [-0.2, 0) is 4.79 Å². The zero-order valence-electron chi connectivity index (χ0n) is 17.4. The van der Waals surface area contributed by atoms with Crippen molar-refractivity contribution in [3.05, 3.63) is 21.9 Å². The van der Waals surface area contributed by atoms with Gasteiger partial charge in [-0.3, -0.25) is 14.9 Å². The number of carbonyl (C=O) groups is 1. The van der Waals surface area contributed by atoms with Gasteiger partial charge >= 0.3 is 5.97 Å². The van der Waals surface area contributed by atoms with Gasteiger partial charge in [-0.1, -0.05) is 84.0 Å². The molecule has 0 saturated carbocycles. The number of rotatable bonds is 20. The lowest BCUT2D eigenvalue weighted by molar-refractivity contribution is -0.428. The quantitative estimate of drug-likeness (QED) is 0.136. The van der Waals surface area contributed by atoms with Gasteiger partial charge in [-0.15, -0.1) is 0 Å². The largest absolute Gasteiger partial charge is 0.481 e. The molecule has 5 heteroatoms. The van der Waals surface area contributed by atoms with E-state index < -0.39 is 5.97 Å². The molecule has 0 aliphatic carbocycles. The average Bonchev–Trinajstić information content (AvgIpc) is 2.63. The Labute approximate surface area is 165 Å². The number of aliphatic carboxylic acids is 1. The number of nitrogens with zero attached hydrogens (tertiary/aromatic N) is 1. The first-order valence-corrected chi connectivity index (χ1v) is 11.1. The van der Waals surface area contributed by atoms with E-state index in [0.29, 0.717) is 12.1 Å². The summed E-state index contributed by atoms with van der Waals surface area (Å²) in [5.41, 5.74) is 0.405. The molecule has 0 rings (SSSR count). The monoisotopic (exact) mass is 383 g/mol. The number of nitro groups is 1. The van der Waals surface area contributed by atoms with Crippen LogP contribution < -0.4 is 0 Å². The van der Waals surface area contributed by atoms with Crippen molar-refractivity contribution in [3.63, 3.8) is 0 Å². The number of carboxylic acid groups (broad SMARTS) is 1. The molecule has 158 valence electrons. The number of hydrogen-bond donors (Lipinski definition) is 1. The van der Waals surface area contributed by atoms with Crippen LogP contribution in [0.4, 0.5) is 0 Å². The Morgan fingerprint density at radius 3 is 1.70 bits per heavy atom. The summed E-state index contributed by atoms with van der Waals surface area (Å²) in [7, 11) is 0. The van der Waals surface area contributed by atoms with E-state index in [1.54, 1.807) is 0 Å². The van der Waals surface area contributed by atoms with Crippen LogP contribution in [0.2, 0.25) is 0 Å². The minimum Gasteiger partial charge on any atom is -0.481 e. The standard InChI is InChI=1S/C22H41NO4/c1-2-3-4-5-9-12-15-18-21(23(26)27)19-16-13-10-7-6-8-11-14-17-20-22(24)25/h18H,2-17,19-20H2,1H3,(H,24,25)/b21-18+. The zero-order valence-corrected chi connectivity index (χ0v) is 17.4. The van der Waals surface area contributed by atoms with Gasteiger partial charge in [-0.2, -0.15) is 0 Å². The van der Waals surface area contributed by atoms with Crippen molar-refractivity contribution in [1.82, 2.24) is 0 Å². The highest BCUT2D eigenvalue weighted by atomic mass is 16.6. The van der Waals surface area contributed by atoms with Crippen molar-refractivity contribution in [3.8, 4) is 0 Å². The SMILES string of the molecule is CCCCCCCC/C=C(\CCCCCCCCCCCC(=O)O)[N+](=O)[O-]. The van der Waals surface area contributed by atoms with E-state index in [4.69, 9.17) is 5.11 Å². The zero-order chi connectivity index (χ0) is 20.2. The third-order valence-corrected chi connectivity index (χ3v) is 5.00. The third kappa shape index (κ3) is 19.2. The van der Waals surface area contributed by atoms with E-state index in [9.17, 15) is 14.9 Å². The minimum atomic E-state index is -0.704. The van der Waals surface area contributed by atoms with Crippen molar-refractivity contribution < 1.29 is 14.8 Å². The van der Waals surface area contributed by atoms with Crippen molar-refractivity contribution in [1.29, 1.82) is 0 Å². The van der Waals surface area contributed by atoms with Gasteiger partial charge in [0.25, 0.3) is 0 Å². The first-order valence-electron chi connectivity index (χ1n) is 11.1. The smallest absolute Gasteiger partial charge is 0.303 e. The molecule has 0 aliphatic rings. The topological polar surface area (TPSA) is 80.4 Å². The van der Waals surface area contributed by atoms with Crippen molar-refractivity contribution in [2.24, 2.45) is 0 Å². The maximum absolute atomic E-state index is 11.1. The molecule has 0 aliphatic heterocycles. The molecule has 0 saturated heterocycles. The lowest BCUT2D eigenvalue weighted by Gasteiger charge is -2.03. The number of unbranched alkanes of at least 4 members (excludes halogenated alkanes) is 14. The fourth-order valence-electron chi connectivity index (χ4n) is 3.28. The molecule has 0 spiro atoms. The van der Waals surface area contributed by atoms with Crippen LogP contribution in [0.3, 0.4) is 0 Å². The summed E-state index contributed by atoms with van der Waals surface area (Å²) in [5, 5.41) is 19.7. The minimum absolute atomic E-state index is 0.200. The van der Waals surface area contributed by atoms with E-state index in [1.165, 1.54) is 44.9 Å². The number of carboxylic acids is 1. The second-order valence-corrected chi connectivity index (χ2v) is 7.58. The Hall–Kier alpha value is -1.39. The van der Waals surface area contributed by atoms with Crippen LogP contribution in [0, 0.1) is 10.1 Å². The first kappa shape index (κ1) is 25.6. The number of hydrogen-bond acceptors (Lipinski definition) is 3. The van der Waals surface area contributed by atoms with Gasteiger partial charge in [0.2, 0.25) is 5.70 Å². The molecular formula is C22H41NO4. The summed E-state index contributed by atoms with van der Waals surface area (Å²) in [4.78, 5) is 21.3. The van der Waals surface area contributed by atoms with Gasteiger partial charge in [-0.25, -0.2) is 0 Å². The highest BCUT2D eigenvalue weighted by Crippen LogP contribution is 2.15. The van der Waals surface area contributed by atoms with Gasteiger partial charge in [0, 0.05) is 12.8 Å². The van der Waals surface area contributed by atoms with E-state index >= 15 is 0 Å². The van der Waals surface area contributed by atoms with Crippen LogP contribution >= 0.6 is 0 Å². The normalized spacial score (nSPS) is 11.7. The summed E-state index contributed by atoms with van der Waals surface area (Å²) in [6, 6.07) is 0. The van der Waals surface area contributed by atoms with Crippen LogP contribution in [0.1, 0.15) is 122 Å². The molecule has 0 aromatic heterocycles. The number of allylic oxidation sites excluding steroid dienone is 2. The fourth-order valence-corrected chi connectivity index (χ4v) is 3.28. The predicted molar refractivity (Wildman–Crippen MR) is 111 cm³/mol. The lowest BCUT2D eigenvalue weighted by Crippen LogP contribution is -1.99. The van der Waals surface area contributed by atoms with Gasteiger partial charge in [0.15, 0.2) is 0 Å². The first-order chi connectivity index (χ1) is 13.1. The van der Waals surface area contributed by atoms with E-state index in [0.717, 1.165) is 57.8 Å². The molecule has 0 amide bonds. The molecule has 0 heterocycles. The van der Waals surface area contributed by atoms with Crippen molar-refractivity contribution in [2.75, 3.05) is 0 Å². The molecular weight excluding hydrogens is 342 g/mol. The second kappa shape index (κ2) is 19.4. The Morgan fingerprint density at radius 2 is 1.22 bits per heavy atom. The molecule has 0 atom stereocenters. The molecule has 0 fully saturated rings. The molecule has 1 N–H and O–H groups in total. The predicted octanol–water partition coefficient (Wildman–Crippen LogP) is 7.27. The summed E-state index contributed by atoms with van der Waals surface area (Å²) in [6.45, 7) is 2.21. The average molecular weight is 384 g/mol. The second-order valence-electron chi connectivity index (χ2n) is 7.58. The molecule has 0 bridgehead atoms. The van der Waals surface area contributed by atoms with Crippen LogP contribution in [0.5, 0.6) is 0 Å². The highest BCUT2D eigenvalue weighted by Gasteiger charge is 2.09. The summed E-state index contributed by atoms with van der Waals surface area (Å²) < 4.78 is 0. The van der Waals surface area contributed by atoms with Crippen LogP contribution in [0.15, 0.2) is 11.8 Å². The van der Waals surface area contributed by atoms with E-state index in [1.807, 2.05) is 6.08 Å². The van der Waals surface area contributed by atoms with E-state index in [2.05, 4.69) is 6.92 Å². The van der Waals surface area contributed by atoms with Crippen LogP contribution in [0.25, 0.3) is 0 Å². The van der Waals surface area contributed by atoms with Gasteiger partial charge in [0.1, 0.15) is 0 Å². The Bertz CT molecular complexity index is 407. The maximum atomic E-state index is 11.1. The van der Waals surface area contributed by atoms with Crippen molar-refractivity contribution >= 4 is 5.97 Å². The summed E-state index contributed by atoms with van der Waals surface area (Å²) in [5.74, 6) is -0.704. The summed E-state index contributed by atoms with van der Waals surface area (Å²) in [6.07, 6.45) is 20.4. The Balaban J connectivity index is 3.57. The van der Waals surface area contributed by atoms with Gasteiger partial charge in [0.05, 0.1) is 4.92 Å². The van der Waals surface area contributed by atoms with E-state index in [-0.39, 0.29) is 11.3 Å².